The van der Waals surface area contributed by atoms with Crippen LogP contribution in [-0.2, 0) is 6.54 Å². The van der Waals surface area contributed by atoms with Gasteiger partial charge in [0.05, 0.1) is 24.1 Å². The molecule has 3 aromatic carbocycles. The van der Waals surface area contributed by atoms with Gasteiger partial charge in [0.15, 0.2) is 5.82 Å². The minimum atomic E-state index is -0.254. The van der Waals surface area contributed by atoms with Crippen molar-refractivity contribution in [2.45, 2.75) is 19.4 Å². The highest BCUT2D eigenvalue weighted by atomic mass is 79.9. The molecule has 2 aromatic heterocycles. The lowest BCUT2D eigenvalue weighted by molar-refractivity contribution is 0.235. The molecule has 10 nitrogen and oxygen atoms in total. The minimum Gasteiger partial charge on any atom is -0.371 e. The third kappa shape index (κ3) is 5.81. The molecular weight excluding hydrogens is 640 g/mol. The summed E-state index contributed by atoms with van der Waals surface area (Å²) in [5.74, 6) is 3.32. The minimum absolute atomic E-state index is 0.142. The molecule has 0 radical (unpaired) electrons. The molecule has 0 bridgehead atoms. The van der Waals surface area contributed by atoms with Crippen molar-refractivity contribution in [3.8, 4) is 11.4 Å². The molecule has 2 aliphatic heterocycles. The van der Waals surface area contributed by atoms with Crippen LogP contribution in [0.3, 0.4) is 0 Å². The number of nitrogens with one attached hydrogen (secondary N) is 2. The number of para-hydroxylation sites is 1. The predicted molar refractivity (Wildman–Crippen MR) is 181 cm³/mol. The largest absolute Gasteiger partial charge is 0.371 e. The number of anilines is 2. The van der Waals surface area contributed by atoms with Crippen LogP contribution in [0.5, 0.6) is 0 Å². The van der Waals surface area contributed by atoms with Crippen molar-refractivity contribution in [1.29, 1.82) is 0 Å². The highest BCUT2D eigenvalue weighted by molar-refractivity contribution is 9.10. The molecule has 226 valence electrons. The summed E-state index contributed by atoms with van der Waals surface area (Å²) in [7, 11) is 0. The van der Waals surface area contributed by atoms with Gasteiger partial charge in [0.1, 0.15) is 0 Å². The number of carbonyl (C=O) groups is 1. The quantitative estimate of drug-likeness (QED) is 0.244. The second-order valence-corrected chi connectivity index (χ2v) is 13.3. The molecule has 12 heteroatoms. The molecule has 0 spiro atoms. The number of aromatic nitrogens is 4. The van der Waals surface area contributed by atoms with Gasteiger partial charge in [-0.3, -0.25) is 18.7 Å². The summed E-state index contributed by atoms with van der Waals surface area (Å²) >= 11 is 5.60. The third-order valence-electron chi connectivity index (χ3n) is 8.25. The summed E-state index contributed by atoms with van der Waals surface area (Å²) in [4.78, 5) is 31.2. The molecule has 2 fully saturated rings. The number of thioether (sulfide) groups is 1. The third-order valence-corrected chi connectivity index (χ3v) is 9.68. The molecule has 2 aliphatic rings. The van der Waals surface area contributed by atoms with E-state index >= 15 is 0 Å². The number of hydrogen-bond acceptors (Lipinski definition) is 7. The molecule has 0 aliphatic carbocycles. The lowest BCUT2D eigenvalue weighted by Gasteiger charge is -2.26. The van der Waals surface area contributed by atoms with Crippen LogP contribution >= 0.6 is 27.7 Å². The number of fused-ring (bicyclic) bond motifs is 3. The van der Waals surface area contributed by atoms with Crippen molar-refractivity contribution >= 4 is 61.8 Å². The van der Waals surface area contributed by atoms with Crippen LogP contribution in [0.15, 0.2) is 76.0 Å². The van der Waals surface area contributed by atoms with Gasteiger partial charge in [-0.2, -0.15) is 11.8 Å². The van der Waals surface area contributed by atoms with Crippen LogP contribution in [0, 0.1) is 0 Å². The summed E-state index contributed by atoms with van der Waals surface area (Å²) in [5.41, 5.74) is 4.21. The van der Waals surface area contributed by atoms with Gasteiger partial charge in [0, 0.05) is 59.1 Å². The van der Waals surface area contributed by atoms with Crippen molar-refractivity contribution in [3.05, 3.63) is 87.1 Å². The smallest absolute Gasteiger partial charge is 0.320 e. The lowest BCUT2D eigenvalue weighted by atomic mass is 10.1. The van der Waals surface area contributed by atoms with Gasteiger partial charge in [-0.1, -0.05) is 40.2 Å². The van der Waals surface area contributed by atoms with Gasteiger partial charge in [-0.15, -0.1) is 10.2 Å². The molecule has 2 saturated heterocycles. The molecule has 7 rings (SSSR count). The number of rotatable bonds is 7. The topological polar surface area (TPSA) is 99.8 Å². The Morgan fingerprint density at radius 1 is 0.932 bits per heavy atom. The first kappa shape index (κ1) is 28.9. The number of nitrogens with zero attached hydrogens (tertiary/aromatic N) is 6. The van der Waals surface area contributed by atoms with E-state index in [1.165, 1.54) is 0 Å². The van der Waals surface area contributed by atoms with Crippen LogP contribution in [0.25, 0.3) is 28.1 Å². The van der Waals surface area contributed by atoms with E-state index in [1.54, 1.807) is 4.57 Å². The Labute approximate surface area is 267 Å². The molecule has 0 atom stereocenters. The first-order valence-electron chi connectivity index (χ1n) is 14.9. The number of urea groups is 1. The average molecular weight is 674 g/mol. The van der Waals surface area contributed by atoms with Crippen molar-refractivity contribution in [1.82, 2.24) is 29.4 Å². The molecule has 44 heavy (non-hydrogen) atoms. The summed E-state index contributed by atoms with van der Waals surface area (Å²) in [6.45, 7) is 4.73. The van der Waals surface area contributed by atoms with E-state index in [2.05, 4.69) is 64.8 Å². The Kier molecular flexibility index (Phi) is 8.28. The monoisotopic (exact) mass is 672 g/mol. The molecule has 0 saturated carbocycles. The first-order chi connectivity index (χ1) is 21.5. The highest BCUT2D eigenvalue weighted by Crippen LogP contribution is 2.35. The molecular formula is C32H33BrN8O2S. The van der Waals surface area contributed by atoms with Gasteiger partial charge in [0.25, 0.3) is 5.56 Å². The van der Waals surface area contributed by atoms with Crippen molar-refractivity contribution in [2.75, 3.05) is 54.6 Å². The zero-order valence-corrected chi connectivity index (χ0v) is 26.6. The number of halogens is 1. The summed E-state index contributed by atoms with van der Waals surface area (Å²) < 4.78 is 4.61. The van der Waals surface area contributed by atoms with Gasteiger partial charge in [-0.05, 0) is 60.9 Å². The molecule has 0 unspecified atom stereocenters. The van der Waals surface area contributed by atoms with Crippen LogP contribution in [0.1, 0.15) is 18.4 Å². The Morgan fingerprint density at radius 2 is 1.75 bits per heavy atom. The maximum atomic E-state index is 13.9. The van der Waals surface area contributed by atoms with Crippen molar-refractivity contribution < 1.29 is 4.79 Å². The van der Waals surface area contributed by atoms with Gasteiger partial charge < -0.3 is 15.5 Å². The fourth-order valence-electron chi connectivity index (χ4n) is 6.04. The molecule has 2 amide bonds. The molecule has 4 heterocycles. The van der Waals surface area contributed by atoms with E-state index in [9.17, 15) is 9.59 Å². The Morgan fingerprint density at radius 3 is 2.59 bits per heavy atom. The number of carbonyl (C=O) groups excluding carboxylic acids is 1. The average Bonchev–Trinajstić information content (AvgIpc) is 3.74. The van der Waals surface area contributed by atoms with Crippen LogP contribution < -0.4 is 21.1 Å². The van der Waals surface area contributed by atoms with Crippen LogP contribution in [-0.4, -0.2) is 74.4 Å². The van der Waals surface area contributed by atoms with Gasteiger partial charge in [-0.25, -0.2) is 4.79 Å². The Balaban J connectivity index is 1.23. The van der Waals surface area contributed by atoms with Gasteiger partial charge in [0.2, 0.25) is 5.78 Å². The second kappa shape index (κ2) is 12.6. The van der Waals surface area contributed by atoms with Crippen molar-refractivity contribution in [3.63, 3.8) is 0 Å². The molecule has 2 N–H and O–H groups in total. The fourth-order valence-corrected chi connectivity index (χ4v) is 7.38. The second-order valence-electron chi connectivity index (χ2n) is 11.1. The number of hydrogen-bond donors (Lipinski definition) is 2. The zero-order valence-electron chi connectivity index (χ0n) is 24.2. The summed E-state index contributed by atoms with van der Waals surface area (Å²) in [6.07, 6.45) is 2.32. The Bertz CT molecular complexity index is 1900. The summed E-state index contributed by atoms with van der Waals surface area (Å²) in [6, 6.07) is 21.2. The Hall–Kier alpha value is -3.87. The molecule has 5 aromatic rings. The van der Waals surface area contributed by atoms with E-state index in [0.717, 1.165) is 77.3 Å². The maximum Gasteiger partial charge on any atom is 0.320 e. The standard InChI is InChI=1S/C32H33BrN8O2S/c33-23-10-11-27(39-12-3-4-13-39)26(19-23)29-36-37-32-40(30(42)25-8-1-2-9-28(25)41(29)32)20-22-6-5-7-24(18-22)35-31(43)34-21-38-14-16-44-17-15-38/h1-2,5-11,18-19H,3-4,12-17,20-21H2,(H2,34,35,43). The first-order valence-corrected chi connectivity index (χ1v) is 16.9. The lowest BCUT2D eigenvalue weighted by Crippen LogP contribution is -2.43. The van der Waals surface area contributed by atoms with E-state index in [-0.39, 0.29) is 18.1 Å². The highest BCUT2D eigenvalue weighted by Gasteiger charge is 2.23. The van der Waals surface area contributed by atoms with Gasteiger partial charge >= 0.3 is 6.03 Å². The number of amides is 2. The normalized spacial score (nSPS) is 15.7. The fraction of sp³-hybridized carbons (Fsp3) is 0.312. The SMILES string of the molecule is O=C(NCN1CCSCC1)Nc1cccc(Cn2c(=O)c3ccccc3n3c(-c4cc(Br)ccc4N4CCCC4)nnc23)c1. The zero-order chi connectivity index (χ0) is 30.0. The number of benzene rings is 3. The van der Waals surface area contributed by atoms with E-state index in [0.29, 0.717) is 29.3 Å². The van der Waals surface area contributed by atoms with Crippen LogP contribution in [0.2, 0.25) is 0 Å². The van der Waals surface area contributed by atoms with E-state index in [4.69, 9.17) is 0 Å². The van der Waals surface area contributed by atoms with Crippen molar-refractivity contribution in [2.24, 2.45) is 0 Å². The predicted octanol–water partition coefficient (Wildman–Crippen LogP) is 5.25. The van der Waals surface area contributed by atoms with E-state index in [1.807, 2.05) is 64.7 Å². The van der Waals surface area contributed by atoms with Crippen LogP contribution in [0.4, 0.5) is 16.2 Å². The maximum absolute atomic E-state index is 13.9. The van der Waals surface area contributed by atoms with E-state index < -0.39 is 0 Å². The summed E-state index contributed by atoms with van der Waals surface area (Å²) in [5, 5.41) is 15.8.